The summed E-state index contributed by atoms with van der Waals surface area (Å²) in [5.41, 5.74) is 0. The maximum Gasteiger partial charge on any atom is 0.0931 e. The third kappa shape index (κ3) is 2.25. The van der Waals surface area contributed by atoms with Gasteiger partial charge in [0, 0.05) is 20.2 Å². The van der Waals surface area contributed by atoms with Gasteiger partial charge < -0.3 is 14.4 Å². The van der Waals surface area contributed by atoms with Crippen molar-refractivity contribution < 1.29 is 9.47 Å². The van der Waals surface area contributed by atoms with Gasteiger partial charge in [-0.15, -0.1) is 0 Å². The summed E-state index contributed by atoms with van der Waals surface area (Å²) in [6.45, 7) is 3.56. The van der Waals surface area contributed by atoms with Crippen LogP contribution in [0.15, 0.2) is 0 Å². The predicted octanol–water partition coefficient (Wildman–Crippen LogP) is -0.0366. The molecule has 1 aliphatic rings. The van der Waals surface area contributed by atoms with Crippen molar-refractivity contribution in [2.75, 3.05) is 40.5 Å². The maximum atomic E-state index is 5.30. The fourth-order valence-electron chi connectivity index (χ4n) is 1.07. The Labute approximate surface area is 61.9 Å². The lowest BCUT2D eigenvalue weighted by Gasteiger charge is -2.16. The lowest BCUT2D eigenvalue weighted by molar-refractivity contribution is 0.0241. The average molecular weight is 145 g/mol. The molecule has 1 rings (SSSR count). The molecular formula is C7H15NO2. The number of rotatable bonds is 1. The first kappa shape index (κ1) is 7.98. The average Bonchev–Trinajstić information content (AvgIpc) is 2.13. The third-order valence-corrected chi connectivity index (χ3v) is 1.77. The van der Waals surface area contributed by atoms with Gasteiger partial charge in [0.2, 0.25) is 0 Å². The van der Waals surface area contributed by atoms with E-state index in [1.165, 1.54) is 0 Å². The minimum atomic E-state index is 0.257. The zero-order valence-electron chi connectivity index (χ0n) is 6.67. The molecule has 1 saturated heterocycles. The number of nitrogens with zero attached hydrogens (tertiary/aromatic N) is 1. The molecule has 0 amide bonds. The highest BCUT2D eigenvalue weighted by Gasteiger charge is 2.14. The molecule has 1 heterocycles. The zero-order valence-corrected chi connectivity index (χ0v) is 6.67. The summed E-state index contributed by atoms with van der Waals surface area (Å²) in [5.74, 6) is 0. The smallest absolute Gasteiger partial charge is 0.0931 e. The van der Waals surface area contributed by atoms with Crippen LogP contribution in [-0.4, -0.2) is 51.5 Å². The molecule has 3 heteroatoms. The number of hydrogen-bond acceptors (Lipinski definition) is 3. The van der Waals surface area contributed by atoms with Crippen LogP contribution in [-0.2, 0) is 9.47 Å². The number of ether oxygens (including phenoxy) is 2. The quantitative estimate of drug-likeness (QED) is 0.517. The SMILES string of the molecule is CO[C@H]1COCCN(C)C1. The van der Waals surface area contributed by atoms with Gasteiger partial charge in [0.1, 0.15) is 0 Å². The molecule has 0 spiro atoms. The van der Waals surface area contributed by atoms with Crippen molar-refractivity contribution >= 4 is 0 Å². The lowest BCUT2D eigenvalue weighted by atomic mass is 10.3. The molecule has 0 N–H and O–H groups in total. The molecule has 10 heavy (non-hydrogen) atoms. The molecule has 0 saturated carbocycles. The van der Waals surface area contributed by atoms with Crippen molar-refractivity contribution in [2.45, 2.75) is 6.10 Å². The molecule has 0 radical (unpaired) electrons. The third-order valence-electron chi connectivity index (χ3n) is 1.77. The summed E-state index contributed by atoms with van der Waals surface area (Å²) in [6, 6.07) is 0. The monoisotopic (exact) mass is 145 g/mol. The Balaban J connectivity index is 2.30. The van der Waals surface area contributed by atoms with Crippen LogP contribution in [0.1, 0.15) is 0 Å². The van der Waals surface area contributed by atoms with Gasteiger partial charge in [-0.2, -0.15) is 0 Å². The van der Waals surface area contributed by atoms with Crippen molar-refractivity contribution in [3.8, 4) is 0 Å². The van der Waals surface area contributed by atoms with E-state index in [2.05, 4.69) is 11.9 Å². The van der Waals surface area contributed by atoms with Gasteiger partial charge in [0.15, 0.2) is 0 Å². The van der Waals surface area contributed by atoms with E-state index in [0.29, 0.717) is 0 Å². The molecule has 1 atom stereocenters. The van der Waals surface area contributed by atoms with Crippen molar-refractivity contribution in [1.29, 1.82) is 0 Å². The van der Waals surface area contributed by atoms with Gasteiger partial charge in [-0.3, -0.25) is 0 Å². The Bertz CT molecular complexity index is 97.6. The standard InChI is InChI=1S/C7H15NO2/c1-8-3-4-10-6-7(5-8)9-2/h7H,3-6H2,1-2H3/t7-/m1/s1. The van der Waals surface area contributed by atoms with E-state index in [9.17, 15) is 0 Å². The van der Waals surface area contributed by atoms with Crippen LogP contribution >= 0.6 is 0 Å². The van der Waals surface area contributed by atoms with Crippen molar-refractivity contribution in [1.82, 2.24) is 4.90 Å². The minimum absolute atomic E-state index is 0.257. The van der Waals surface area contributed by atoms with E-state index in [1.807, 2.05) is 0 Å². The lowest BCUT2D eigenvalue weighted by Crippen LogP contribution is -2.30. The molecule has 0 aliphatic carbocycles. The second-order valence-electron chi connectivity index (χ2n) is 2.69. The second kappa shape index (κ2) is 3.91. The van der Waals surface area contributed by atoms with E-state index in [0.717, 1.165) is 26.3 Å². The Morgan fingerprint density at radius 2 is 2.40 bits per heavy atom. The first-order valence-corrected chi connectivity index (χ1v) is 3.62. The first-order valence-electron chi connectivity index (χ1n) is 3.62. The molecule has 1 aliphatic heterocycles. The zero-order chi connectivity index (χ0) is 7.40. The van der Waals surface area contributed by atoms with E-state index in [4.69, 9.17) is 9.47 Å². The fraction of sp³-hybridized carbons (Fsp3) is 1.00. The topological polar surface area (TPSA) is 21.7 Å². The van der Waals surface area contributed by atoms with Gasteiger partial charge in [0.25, 0.3) is 0 Å². The van der Waals surface area contributed by atoms with Gasteiger partial charge in [-0.25, -0.2) is 0 Å². The van der Waals surface area contributed by atoms with Crippen LogP contribution in [0.25, 0.3) is 0 Å². The van der Waals surface area contributed by atoms with Gasteiger partial charge in [-0.05, 0) is 7.05 Å². The van der Waals surface area contributed by atoms with E-state index >= 15 is 0 Å². The summed E-state index contributed by atoms with van der Waals surface area (Å²) >= 11 is 0. The van der Waals surface area contributed by atoms with Gasteiger partial charge in [0.05, 0.1) is 19.3 Å². The number of hydrogen-bond donors (Lipinski definition) is 0. The Hall–Kier alpha value is -0.120. The Morgan fingerprint density at radius 1 is 1.60 bits per heavy atom. The molecule has 3 nitrogen and oxygen atoms in total. The van der Waals surface area contributed by atoms with Crippen LogP contribution in [0.4, 0.5) is 0 Å². The molecule has 0 aromatic carbocycles. The van der Waals surface area contributed by atoms with E-state index in [1.54, 1.807) is 7.11 Å². The van der Waals surface area contributed by atoms with Crippen LogP contribution in [0.5, 0.6) is 0 Å². The van der Waals surface area contributed by atoms with Crippen molar-refractivity contribution in [3.05, 3.63) is 0 Å². The van der Waals surface area contributed by atoms with Crippen LogP contribution in [0, 0.1) is 0 Å². The highest BCUT2D eigenvalue weighted by atomic mass is 16.5. The molecule has 0 aromatic heterocycles. The summed E-state index contributed by atoms with van der Waals surface area (Å²) in [5, 5.41) is 0. The normalized spacial score (nSPS) is 30.0. The van der Waals surface area contributed by atoms with Crippen molar-refractivity contribution in [3.63, 3.8) is 0 Å². The van der Waals surface area contributed by atoms with Crippen molar-refractivity contribution in [2.24, 2.45) is 0 Å². The summed E-state index contributed by atoms with van der Waals surface area (Å²) in [6.07, 6.45) is 0.257. The summed E-state index contributed by atoms with van der Waals surface area (Å²) in [4.78, 5) is 2.22. The Morgan fingerprint density at radius 3 is 3.10 bits per heavy atom. The summed E-state index contributed by atoms with van der Waals surface area (Å²) in [7, 11) is 3.81. The number of likely N-dealkylation sites (N-methyl/N-ethyl adjacent to an activating group) is 1. The largest absolute Gasteiger partial charge is 0.378 e. The molecular weight excluding hydrogens is 130 g/mol. The second-order valence-corrected chi connectivity index (χ2v) is 2.69. The minimum Gasteiger partial charge on any atom is -0.378 e. The van der Waals surface area contributed by atoms with Gasteiger partial charge >= 0.3 is 0 Å². The Kier molecular flexibility index (Phi) is 3.12. The van der Waals surface area contributed by atoms with Gasteiger partial charge in [-0.1, -0.05) is 0 Å². The maximum absolute atomic E-state index is 5.30. The van der Waals surface area contributed by atoms with Crippen LogP contribution in [0.3, 0.4) is 0 Å². The van der Waals surface area contributed by atoms with E-state index < -0.39 is 0 Å². The molecule has 60 valence electrons. The summed E-state index contributed by atoms with van der Waals surface area (Å²) < 4.78 is 10.5. The number of methoxy groups -OCH3 is 1. The molecule has 0 unspecified atom stereocenters. The molecule has 1 fully saturated rings. The predicted molar refractivity (Wildman–Crippen MR) is 39.1 cm³/mol. The first-order chi connectivity index (χ1) is 4.83. The van der Waals surface area contributed by atoms with E-state index in [-0.39, 0.29) is 6.10 Å². The molecule has 0 aromatic rings. The fourth-order valence-corrected chi connectivity index (χ4v) is 1.07. The van der Waals surface area contributed by atoms with Crippen LogP contribution < -0.4 is 0 Å². The molecule has 0 bridgehead atoms. The highest BCUT2D eigenvalue weighted by Crippen LogP contribution is 1.99. The highest BCUT2D eigenvalue weighted by molar-refractivity contribution is 4.65. The van der Waals surface area contributed by atoms with Crippen LogP contribution in [0.2, 0.25) is 0 Å².